The largest absolute Gasteiger partial charge is 0.357 e. The Kier molecular flexibility index (Phi) is 8.85. The third-order valence-corrected chi connectivity index (χ3v) is 3.41. The Labute approximate surface area is 140 Å². The number of benzene rings is 1. The maximum absolute atomic E-state index is 4.20. The SMILES string of the molecule is CCNC(=NC)NCC(C)(C)c1ccc(CC)cc1.I. The molecule has 20 heavy (non-hydrogen) atoms. The van der Waals surface area contributed by atoms with Crippen molar-refractivity contribution in [2.24, 2.45) is 4.99 Å². The molecule has 0 bridgehead atoms. The molecule has 1 aromatic rings. The molecular formula is C16H28IN3. The molecule has 1 rings (SSSR count). The Morgan fingerprint density at radius 3 is 2.15 bits per heavy atom. The number of nitrogens with zero attached hydrogens (tertiary/aromatic N) is 1. The van der Waals surface area contributed by atoms with Gasteiger partial charge < -0.3 is 10.6 Å². The van der Waals surface area contributed by atoms with E-state index < -0.39 is 0 Å². The van der Waals surface area contributed by atoms with Gasteiger partial charge in [0.2, 0.25) is 0 Å². The van der Waals surface area contributed by atoms with Gasteiger partial charge in [0, 0.05) is 25.6 Å². The van der Waals surface area contributed by atoms with Crippen LogP contribution in [0.3, 0.4) is 0 Å². The van der Waals surface area contributed by atoms with Crippen LogP contribution in [0.4, 0.5) is 0 Å². The van der Waals surface area contributed by atoms with E-state index in [2.05, 4.69) is 67.6 Å². The third kappa shape index (κ3) is 5.69. The quantitative estimate of drug-likeness (QED) is 0.461. The maximum atomic E-state index is 4.20. The molecule has 4 heteroatoms. The normalized spacial score (nSPS) is 11.8. The van der Waals surface area contributed by atoms with E-state index in [4.69, 9.17) is 0 Å². The van der Waals surface area contributed by atoms with Crippen molar-refractivity contribution in [3.8, 4) is 0 Å². The molecule has 0 saturated carbocycles. The predicted octanol–water partition coefficient (Wildman–Crippen LogP) is 3.33. The first-order valence-corrected chi connectivity index (χ1v) is 7.07. The second-order valence-electron chi connectivity index (χ2n) is 5.39. The molecule has 0 saturated heterocycles. The monoisotopic (exact) mass is 389 g/mol. The molecule has 0 radical (unpaired) electrons. The number of rotatable bonds is 5. The van der Waals surface area contributed by atoms with Gasteiger partial charge >= 0.3 is 0 Å². The molecular weight excluding hydrogens is 361 g/mol. The minimum absolute atomic E-state index is 0. The molecule has 0 heterocycles. The molecule has 0 amide bonds. The van der Waals surface area contributed by atoms with Crippen LogP contribution in [-0.2, 0) is 11.8 Å². The summed E-state index contributed by atoms with van der Waals surface area (Å²) in [6.07, 6.45) is 1.09. The highest BCUT2D eigenvalue weighted by Gasteiger charge is 2.20. The number of halogens is 1. The lowest BCUT2D eigenvalue weighted by molar-refractivity contribution is 0.509. The number of hydrogen-bond donors (Lipinski definition) is 2. The van der Waals surface area contributed by atoms with Crippen LogP contribution in [0.1, 0.15) is 38.8 Å². The van der Waals surface area contributed by atoms with E-state index in [1.54, 1.807) is 7.05 Å². The Balaban J connectivity index is 0.00000361. The van der Waals surface area contributed by atoms with E-state index in [1.807, 2.05) is 0 Å². The lowest BCUT2D eigenvalue weighted by Gasteiger charge is -2.27. The van der Waals surface area contributed by atoms with Gasteiger partial charge in [0.05, 0.1) is 0 Å². The van der Waals surface area contributed by atoms with Gasteiger partial charge in [0.25, 0.3) is 0 Å². The summed E-state index contributed by atoms with van der Waals surface area (Å²) in [4.78, 5) is 4.20. The van der Waals surface area contributed by atoms with Crippen molar-refractivity contribution >= 4 is 29.9 Å². The molecule has 114 valence electrons. The molecule has 0 fully saturated rings. The lowest BCUT2D eigenvalue weighted by atomic mass is 9.84. The van der Waals surface area contributed by atoms with Gasteiger partial charge in [0.15, 0.2) is 5.96 Å². The summed E-state index contributed by atoms with van der Waals surface area (Å²) in [5.74, 6) is 0.862. The first-order valence-electron chi connectivity index (χ1n) is 7.07. The van der Waals surface area contributed by atoms with Crippen LogP contribution in [0.5, 0.6) is 0 Å². The van der Waals surface area contributed by atoms with Gasteiger partial charge in [-0.25, -0.2) is 0 Å². The number of hydrogen-bond acceptors (Lipinski definition) is 1. The predicted molar refractivity (Wildman–Crippen MR) is 99.3 cm³/mol. The van der Waals surface area contributed by atoms with Gasteiger partial charge in [0.1, 0.15) is 0 Å². The van der Waals surface area contributed by atoms with Crippen LogP contribution in [0, 0.1) is 0 Å². The van der Waals surface area contributed by atoms with Crippen molar-refractivity contribution in [1.82, 2.24) is 10.6 Å². The Morgan fingerprint density at radius 1 is 1.10 bits per heavy atom. The number of nitrogens with one attached hydrogen (secondary N) is 2. The molecule has 0 spiro atoms. The zero-order chi connectivity index (χ0) is 14.3. The summed E-state index contributed by atoms with van der Waals surface area (Å²) in [7, 11) is 1.80. The van der Waals surface area contributed by atoms with Crippen molar-refractivity contribution in [3.63, 3.8) is 0 Å². The summed E-state index contributed by atoms with van der Waals surface area (Å²) < 4.78 is 0. The molecule has 0 aliphatic rings. The zero-order valence-electron chi connectivity index (χ0n) is 13.3. The van der Waals surface area contributed by atoms with Gasteiger partial charge in [-0.15, -0.1) is 24.0 Å². The van der Waals surface area contributed by atoms with Crippen molar-refractivity contribution < 1.29 is 0 Å². The summed E-state index contributed by atoms with van der Waals surface area (Å²) in [6.45, 7) is 10.5. The Morgan fingerprint density at radius 2 is 1.70 bits per heavy atom. The summed E-state index contributed by atoms with van der Waals surface area (Å²) in [6, 6.07) is 8.90. The highest BCUT2D eigenvalue weighted by molar-refractivity contribution is 14.0. The number of guanidine groups is 1. The molecule has 0 atom stereocenters. The van der Waals surface area contributed by atoms with Crippen molar-refractivity contribution in [1.29, 1.82) is 0 Å². The van der Waals surface area contributed by atoms with Crippen LogP contribution in [0.2, 0.25) is 0 Å². The smallest absolute Gasteiger partial charge is 0.190 e. The summed E-state index contributed by atoms with van der Waals surface area (Å²) >= 11 is 0. The molecule has 0 aromatic heterocycles. The minimum atomic E-state index is 0. The first-order chi connectivity index (χ1) is 9.03. The van der Waals surface area contributed by atoms with Crippen molar-refractivity contribution in [2.45, 2.75) is 39.5 Å². The second-order valence-corrected chi connectivity index (χ2v) is 5.39. The zero-order valence-corrected chi connectivity index (χ0v) is 15.6. The fraction of sp³-hybridized carbons (Fsp3) is 0.562. The fourth-order valence-electron chi connectivity index (χ4n) is 1.99. The van der Waals surface area contributed by atoms with Crippen molar-refractivity contribution in [3.05, 3.63) is 35.4 Å². The lowest BCUT2D eigenvalue weighted by Crippen LogP contribution is -2.43. The number of aliphatic imine (C=N–C) groups is 1. The Hall–Kier alpha value is -0.780. The maximum Gasteiger partial charge on any atom is 0.190 e. The van der Waals surface area contributed by atoms with E-state index in [9.17, 15) is 0 Å². The highest BCUT2D eigenvalue weighted by Crippen LogP contribution is 2.22. The van der Waals surface area contributed by atoms with Crippen LogP contribution in [0.25, 0.3) is 0 Å². The fourth-order valence-corrected chi connectivity index (χ4v) is 1.99. The molecule has 0 aliphatic heterocycles. The summed E-state index contributed by atoms with van der Waals surface area (Å²) in [5.41, 5.74) is 2.82. The van der Waals surface area contributed by atoms with Gasteiger partial charge in [-0.1, -0.05) is 45.0 Å². The average molecular weight is 389 g/mol. The second kappa shape index (κ2) is 9.21. The van der Waals surface area contributed by atoms with E-state index in [-0.39, 0.29) is 29.4 Å². The van der Waals surface area contributed by atoms with Gasteiger partial charge in [-0.05, 0) is 24.5 Å². The van der Waals surface area contributed by atoms with E-state index in [1.165, 1.54) is 11.1 Å². The first kappa shape index (κ1) is 19.2. The average Bonchev–Trinajstić information content (AvgIpc) is 2.43. The van der Waals surface area contributed by atoms with Gasteiger partial charge in [-0.3, -0.25) is 4.99 Å². The highest BCUT2D eigenvalue weighted by atomic mass is 127. The van der Waals surface area contributed by atoms with Crippen LogP contribution >= 0.6 is 24.0 Å². The van der Waals surface area contributed by atoms with E-state index in [0.717, 1.165) is 25.5 Å². The topological polar surface area (TPSA) is 36.4 Å². The van der Waals surface area contributed by atoms with Crippen LogP contribution < -0.4 is 10.6 Å². The van der Waals surface area contributed by atoms with Crippen molar-refractivity contribution in [2.75, 3.05) is 20.1 Å². The molecule has 2 N–H and O–H groups in total. The molecule has 1 aromatic carbocycles. The van der Waals surface area contributed by atoms with E-state index in [0.29, 0.717) is 0 Å². The third-order valence-electron chi connectivity index (χ3n) is 3.41. The minimum Gasteiger partial charge on any atom is -0.357 e. The molecule has 0 unspecified atom stereocenters. The van der Waals surface area contributed by atoms with Crippen LogP contribution in [0.15, 0.2) is 29.3 Å². The molecule has 0 aliphatic carbocycles. The van der Waals surface area contributed by atoms with E-state index >= 15 is 0 Å². The number of aryl methyl sites for hydroxylation is 1. The Bertz CT molecular complexity index is 410. The summed E-state index contributed by atoms with van der Waals surface area (Å²) in [5, 5.41) is 6.59. The molecule has 3 nitrogen and oxygen atoms in total. The standard InChI is InChI=1S/C16H27N3.HI/c1-6-13-8-10-14(11-9-13)16(3,4)12-19-15(17-5)18-7-2;/h8-11H,6-7,12H2,1-5H3,(H2,17,18,19);1H. The van der Waals surface area contributed by atoms with Crippen LogP contribution in [-0.4, -0.2) is 26.1 Å². The van der Waals surface area contributed by atoms with Gasteiger partial charge in [-0.2, -0.15) is 0 Å².